The first kappa shape index (κ1) is 16.0. The van der Waals surface area contributed by atoms with Crippen LogP contribution in [0.1, 0.15) is 12.5 Å². The van der Waals surface area contributed by atoms with E-state index >= 15 is 0 Å². The lowest BCUT2D eigenvalue weighted by molar-refractivity contribution is 0.204. The molecule has 0 saturated carbocycles. The lowest BCUT2D eigenvalue weighted by Gasteiger charge is -2.25. The molecule has 1 N–H and O–H groups in total. The molecule has 0 saturated heterocycles. The van der Waals surface area contributed by atoms with Gasteiger partial charge >= 0.3 is 0 Å². The minimum Gasteiger partial charge on any atom is -0.392 e. The Morgan fingerprint density at radius 2 is 1.86 bits per heavy atom. The van der Waals surface area contributed by atoms with Gasteiger partial charge in [0.1, 0.15) is 0 Å². The zero-order valence-electron chi connectivity index (χ0n) is 12.0. The molecule has 0 unspecified atom stereocenters. The van der Waals surface area contributed by atoms with Gasteiger partial charge in [0.25, 0.3) is 10.0 Å². The number of anilines is 1. The van der Waals surface area contributed by atoms with Crippen LogP contribution in [0.5, 0.6) is 0 Å². The van der Waals surface area contributed by atoms with Crippen molar-refractivity contribution in [2.24, 2.45) is 0 Å². The van der Waals surface area contributed by atoms with E-state index in [1.807, 2.05) is 6.07 Å². The van der Waals surface area contributed by atoms with E-state index in [1.54, 1.807) is 36.4 Å². The highest BCUT2D eigenvalue weighted by atomic mass is 32.2. The molecule has 0 spiro atoms. The number of hydrogen-bond acceptors (Lipinski definition) is 4. The van der Waals surface area contributed by atoms with Crippen LogP contribution < -0.4 is 4.31 Å². The van der Waals surface area contributed by atoms with Crippen LogP contribution in [0.3, 0.4) is 0 Å². The SMILES string of the molecule is C[C@H](O)CN(c1ccccc1)S(=O)(=O)c1cccc(C#N)c1. The van der Waals surface area contributed by atoms with Crippen molar-refractivity contribution in [2.45, 2.75) is 17.9 Å². The number of nitrogens with zero attached hydrogens (tertiary/aromatic N) is 2. The van der Waals surface area contributed by atoms with Crippen molar-refractivity contribution in [3.8, 4) is 6.07 Å². The van der Waals surface area contributed by atoms with Gasteiger partial charge in [0.05, 0.1) is 34.9 Å². The van der Waals surface area contributed by atoms with Crippen molar-refractivity contribution in [1.29, 1.82) is 5.26 Å². The van der Waals surface area contributed by atoms with Gasteiger partial charge in [-0.3, -0.25) is 4.31 Å². The first-order chi connectivity index (χ1) is 10.4. The maximum Gasteiger partial charge on any atom is 0.264 e. The van der Waals surface area contributed by atoms with Crippen LogP contribution in [-0.4, -0.2) is 26.2 Å². The third kappa shape index (κ3) is 3.45. The number of aliphatic hydroxyl groups is 1. The van der Waals surface area contributed by atoms with E-state index in [1.165, 1.54) is 25.1 Å². The predicted molar refractivity (Wildman–Crippen MR) is 83.8 cm³/mol. The second-order valence-corrected chi connectivity index (χ2v) is 6.72. The largest absolute Gasteiger partial charge is 0.392 e. The number of nitriles is 1. The molecule has 0 aliphatic carbocycles. The van der Waals surface area contributed by atoms with Gasteiger partial charge < -0.3 is 5.11 Å². The van der Waals surface area contributed by atoms with Crippen LogP contribution in [0.25, 0.3) is 0 Å². The Balaban J connectivity index is 2.52. The summed E-state index contributed by atoms with van der Waals surface area (Å²) >= 11 is 0. The molecule has 114 valence electrons. The molecule has 2 aromatic carbocycles. The number of sulfonamides is 1. The summed E-state index contributed by atoms with van der Waals surface area (Å²) in [4.78, 5) is 0.0241. The number of hydrogen-bond donors (Lipinski definition) is 1. The summed E-state index contributed by atoms with van der Waals surface area (Å²) in [5.41, 5.74) is 0.733. The van der Waals surface area contributed by atoms with E-state index < -0.39 is 16.1 Å². The molecule has 0 bridgehead atoms. The highest BCUT2D eigenvalue weighted by Gasteiger charge is 2.26. The molecule has 0 radical (unpaired) electrons. The zero-order valence-corrected chi connectivity index (χ0v) is 12.9. The Labute approximate surface area is 130 Å². The Morgan fingerprint density at radius 1 is 1.18 bits per heavy atom. The van der Waals surface area contributed by atoms with Crippen molar-refractivity contribution >= 4 is 15.7 Å². The van der Waals surface area contributed by atoms with Gasteiger partial charge in [0.15, 0.2) is 0 Å². The summed E-state index contributed by atoms with van der Waals surface area (Å²) in [6.07, 6.45) is -0.825. The fraction of sp³-hybridized carbons (Fsp3) is 0.188. The van der Waals surface area contributed by atoms with Gasteiger partial charge in [-0.15, -0.1) is 0 Å². The number of rotatable bonds is 5. The van der Waals surface area contributed by atoms with E-state index in [4.69, 9.17) is 5.26 Å². The molecule has 0 fully saturated rings. The maximum absolute atomic E-state index is 12.8. The van der Waals surface area contributed by atoms with Gasteiger partial charge in [-0.2, -0.15) is 5.26 Å². The summed E-state index contributed by atoms with van der Waals surface area (Å²) in [6, 6.07) is 16.3. The third-order valence-corrected chi connectivity index (χ3v) is 4.82. The summed E-state index contributed by atoms with van der Waals surface area (Å²) in [5.74, 6) is 0. The molecule has 5 nitrogen and oxygen atoms in total. The molecule has 22 heavy (non-hydrogen) atoms. The minimum atomic E-state index is -3.86. The molecule has 1 atom stereocenters. The van der Waals surface area contributed by atoms with Gasteiger partial charge in [-0.05, 0) is 37.3 Å². The quantitative estimate of drug-likeness (QED) is 0.916. The number of benzene rings is 2. The first-order valence-electron chi connectivity index (χ1n) is 6.71. The van der Waals surface area contributed by atoms with Crippen molar-refractivity contribution in [3.63, 3.8) is 0 Å². The van der Waals surface area contributed by atoms with Crippen LogP contribution >= 0.6 is 0 Å². The fourth-order valence-electron chi connectivity index (χ4n) is 2.03. The summed E-state index contributed by atoms with van der Waals surface area (Å²) < 4.78 is 26.8. The summed E-state index contributed by atoms with van der Waals surface area (Å²) in [7, 11) is -3.86. The first-order valence-corrected chi connectivity index (χ1v) is 8.15. The smallest absolute Gasteiger partial charge is 0.264 e. The van der Waals surface area contributed by atoms with E-state index in [9.17, 15) is 13.5 Å². The molecular weight excluding hydrogens is 300 g/mol. The predicted octanol–water partition coefficient (Wildman–Crippen LogP) is 2.13. The zero-order chi connectivity index (χ0) is 16.2. The van der Waals surface area contributed by atoms with Crippen LogP contribution in [0, 0.1) is 11.3 Å². The summed E-state index contributed by atoms with van der Waals surface area (Å²) in [5, 5.41) is 18.6. The maximum atomic E-state index is 12.8. The minimum absolute atomic E-state index is 0.0241. The third-order valence-electron chi connectivity index (χ3n) is 3.03. The van der Waals surface area contributed by atoms with E-state index in [0.717, 1.165) is 4.31 Å². The van der Waals surface area contributed by atoms with E-state index in [0.29, 0.717) is 5.69 Å². The molecule has 0 amide bonds. The molecule has 0 aliphatic heterocycles. The van der Waals surface area contributed by atoms with E-state index in [2.05, 4.69) is 0 Å². The van der Waals surface area contributed by atoms with Crippen LogP contribution in [0.4, 0.5) is 5.69 Å². The molecule has 2 rings (SSSR count). The Kier molecular flexibility index (Phi) is 4.81. The second kappa shape index (κ2) is 6.60. The van der Waals surface area contributed by atoms with Gasteiger partial charge in [0, 0.05) is 0 Å². The van der Waals surface area contributed by atoms with Gasteiger partial charge in [0.2, 0.25) is 0 Å². The average Bonchev–Trinajstić information content (AvgIpc) is 2.53. The lowest BCUT2D eigenvalue weighted by atomic mass is 10.2. The molecule has 0 heterocycles. The molecule has 2 aromatic rings. The topological polar surface area (TPSA) is 81.4 Å². The second-order valence-electron chi connectivity index (χ2n) is 4.86. The number of aliphatic hydroxyl groups excluding tert-OH is 1. The van der Waals surface area contributed by atoms with Crippen molar-refractivity contribution in [1.82, 2.24) is 0 Å². The Morgan fingerprint density at radius 3 is 2.45 bits per heavy atom. The molecule has 0 aliphatic rings. The summed E-state index contributed by atoms with van der Waals surface area (Å²) in [6.45, 7) is 1.46. The van der Waals surface area contributed by atoms with Gasteiger partial charge in [-0.1, -0.05) is 24.3 Å². The molecular formula is C16H16N2O3S. The standard InChI is InChI=1S/C16H16N2O3S/c1-13(19)12-18(15-7-3-2-4-8-15)22(20,21)16-9-5-6-14(10-16)11-17/h2-10,13,19H,12H2,1H3/t13-/m0/s1. The van der Waals surface area contributed by atoms with Crippen LogP contribution in [0.15, 0.2) is 59.5 Å². The average molecular weight is 316 g/mol. The highest BCUT2D eigenvalue weighted by Crippen LogP contribution is 2.24. The molecule has 6 heteroatoms. The fourth-order valence-corrected chi connectivity index (χ4v) is 3.62. The van der Waals surface area contributed by atoms with Crippen LogP contribution in [0.2, 0.25) is 0 Å². The van der Waals surface area contributed by atoms with Crippen LogP contribution in [-0.2, 0) is 10.0 Å². The van der Waals surface area contributed by atoms with Gasteiger partial charge in [-0.25, -0.2) is 8.42 Å². The van der Waals surface area contributed by atoms with Crippen molar-refractivity contribution in [3.05, 3.63) is 60.2 Å². The monoisotopic (exact) mass is 316 g/mol. The Bertz CT molecular complexity index is 781. The normalized spacial score (nSPS) is 12.4. The molecule has 0 aromatic heterocycles. The van der Waals surface area contributed by atoms with Crippen molar-refractivity contribution < 1.29 is 13.5 Å². The van der Waals surface area contributed by atoms with Crippen molar-refractivity contribution in [2.75, 3.05) is 10.8 Å². The lowest BCUT2D eigenvalue weighted by Crippen LogP contribution is -2.36. The highest BCUT2D eigenvalue weighted by molar-refractivity contribution is 7.92. The Hall–Kier alpha value is -2.36. The van der Waals surface area contributed by atoms with E-state index in [-0.39, 0.29) is 17.0 Å². The number of para-hydroxylation sites is 1.